The highest BCUT2D eigenvalue weighted by molar-refractivity contribution is 6.35. The number of benzene rings is 3. The number of amides is 1. The average molecular weight is 416 g/mol. The number of hydrogen-bond acceptors (Lipinski definition) is 3. The third-order valence-corrected chi connectivity index (χ3v) is 5.97. The van der Waals surface area contributed by atoms with Crippen molar-refractivity contribution in [3.05, 3.63) is 105 Å². The van der Waals surface area contributed by atoms with Crippen LogP contribution in [0.5, 0.6) is 0 Å². The van der Waals surface area contributed by atoms with Crippen LogP contribution in [0.15, 0.2) is 82.0 Å². The second-order valence-electron chi connectivity index (χ2n) is 7.42. The minimum absolute atomic E-state index is 0.0639. The third kappa shape index (κ3) is 2.84. The lowest BCUT2D eigenvalue weighted by Crippen LogP contribution is -2.28. The molecule has 0 fully saturated rings. The summed E-state index contributed by atoms with van der Waals surface area (Å²) in [6.07, 6.45) is 0. The van der Waals surface area contributed by atoms with Crippen molar-refractivity contribution in [1.29, 1.82) is 0 Å². The molecular weight excluding hydrogens is 398 g/mol. The van der Waals surface area contributed by atoms with Gasteiger partial charge in [-0.1, -0.05) is 66.2 Å². The Morgan fingerprint density at radius 3 is 2.43 bits per heavy atom. The Morgan fingerprint density at radius 1 is 0.933 bits per heavy atom. The van der Waals surface area contributed by atoms with Gasteiger partial charge in [0.15, 0.2) is 0 Å². The first-order valence-corrected chi connectivity index (χ1v) is 10.1. The molecule has 1 unspecified atom stereocenters. The van der Waals surface area contributed by atoms with E-state index in [1.54, 1.807) is 23.1 Å². The van der Waals surface area contributed by atoms with Crippen molar-refractivity contribution < 1.29 is 9.21 Å². The van der Waals surface area contributed by atoms with Gasteiger partial charge < -0.3 is 9.32 Å². The lowest BCUT2D eigenvalue weighted by Gasteiger charge is -2.25. The van der Waals surface area contributed by atoms with Gasteiger partial charge in [-0.3, -0.25) is 9.59 Å². The number of rotatable bonds is 3. The monoisotopic (exact) mass is 415 g/mol. The van der Waals surface area contributed by atoms with E-state index >= 15 is 0 Å². The molecule has 1 aliphatic heterocycles. The minimum atomic E-state index is -0.434. The van der Waals surface area contributed by atoms with Gasteiger partial charge in [-0.15, -0.1) is 0 Å². The molecule has 1 aliphatic rings. The van der Waals surface area contributed by atoms with Crippen molar-refractivity contribution in [2.75, 3.05) is 0 Å². The van der Waals surface area contributed by atoms with E-state index in [1.807, 2.05) is 61.5 Å². The molecule has 2 heterocycles. The molecule has 0 radical (unpaired) electrons. The van der Waals surface area contributed by atoms with Crippen molar-refractivity contribution >= 4 is 28.5 Å². The number of hydrogen-bond donors (Lipinski definition) is 0. The molecular formula is C25H18ClNO3. The average Bonchev–Trinajstić information content (AvgIpc) is 3.10. The molecule has 5 heteroatoms. The Balaban J connectivity index is 1.73. The number of carbonyl (C=O) groups is 1. The zero-order valence-corrected chi connectivity index (χ0v) is 17.0. The Labute approximate surface area is 178 Å². The maximum Gasteiger partial charge on any atom is 0.255 e. The molecule has 1 aromatic heterocycles. The summed E-state index contributed by atoms with van der Waals surface area (Å²) < 4.78 is 6.25. The zero-order valence-electron chi connectivity index (χ0n) is 16.3. The maximum absolute atomic E-state index is 13.5. The normalized spacial score (nSPS) is 14.2. The van der Waals surface area contributed by atoms with Gasteiger partial charge in [0, 0.05) is 12.1 Å². The Hall–Kier alpha value is -3.37. The van der Waals surface area contributed by atoms with Gasteiger partial charge >= 0.3 is 0 Å². The molecule has 0 N–H and O–H groups in total. The van der Waals surface area contributed by atoms with E-state index in [2.05, 4.69) is 0 Å². The maximum atomic E-state index is 13.5. The van der Waals surface area contributed by atoms with Crippen LogP contribution >= 0.6 is 11.6 Å². The molecule has 1 amide bonds. The largest absolute Gasteiger partial charge is 0.458 e. The van der Waals surface area contributed by atoms with Gasteiger partial charge in [0.1, 0.15) is 11.3 Å². The second-order valence-corrected chi connectivity index (χ2v) is 7.82. The summed E-state index contributed by atoms with van der Waals surface area (Å²) in [6, 6.07) is 21.7. The first-order valence-electron chi connectivity index (χ1n) is 9.76. The van der Waals surface area contributed by atoms with Crippen molar-refractivity contribution in [2.24, 2.45) is 0 Å². The number of carbonyl (C=O) groups excluding carboxylic acids is 1. The first kappa shape index (κ1) is 18.6. The quantitative estimate of drug-likeness (QED) is 0.423. The molecule has 5 rings (SSSR count). The van der Waals surface area contributed by atoms with Crippen LogP contribution in [0.2, 0.25) is 5.02 Å². The molecule has 3 aromatic carbocycles. The predicted molar refractivity (Wildman–Crippen MR) is 118 cm³/mol. The van der Waals surface area contributed by atoms with Crippen LogP contribution in [-0.4, -0.2) is 10.8 Å². The highest BCUT2D eigenvalue weighted by atomic mass is 35.5. The van der Waals surface area contributed by atoms with Gasteiger partial charge in [0.05, 0.1) is 22.0 Å². The number of halogens is 1. The van der Waals surface area contributed by atoms with Crippen LogP contribution in [0, 0.1) is 0 Å². The van der Waals surface area contributed by atoms with E-state index in [-0.39, 0.29) is 11.3 Å². The molecule has 0 bridgehead atoms. The Bertz CT molecular complexity index is 1340. The molecule has 0 spiro atoms. The standard InChI is InChI=1S/C25H18ClNO3/c1-15(27-14-17-10-5-6-11-18(17)25(27)29)24-21(16-8-3-2-4-9-16)23(28)22-19(26)12-7-13-20(22)30-24/h2-13,15H,14H2,1H3. The van der Waals surface area contributed by atoms with Gasteiger partial charge in [-0.2, -0.15) is 0 Å². The van der Waals surface area contributed by atoms with Crippen molar-refractivity contribution in [3.8, 4) is 11.1 Å². The fourth-order valence-electron chi connectivity index (χ4n) is 4.12. The Kier molecular flexibility index (Phi) is 4.44. The van der Waals surface area contributed by atoms with Crippen molar-refractivity contribution in [2.45, 2.75) is 19.5 Å². The van der Waals surface area contributed by atoms with E-state index in [0.717, 1.165) is 11.1 Å². The summed E-state index contributed by atoms with van der Waals surface area (Å²) >= 11 is 6.34. The van der Waals surface area contributed by atoms with E-state index in [0.29, 0.717) is 39.4 Å². The first-order chi connectivity index (χ1) is 14.6. The number of nitrogens with zero attached hydrogens (tertiary/aromatic N) is 1. The Morgan fingerprint density at radius 2 is 1.67 bits per heavy atom. The highest BCUT2D eigenvalue weighted by Crippen LogP contribution is 2.37. The van der Waals surface area contributed by atoms with E-state index in [9.17, 15) is 9.59 Å². The second kappa shape index (κ2) is 7.15. The van der Waals surface area contributed by atoms with Crippen LogP contribution in [0.1, 0.15) is 34.6 Å². The lowest BCUT2D eigenvalue weighted by atomic mass is 9.98. The molecule has 0 saturated heterocycles. The van der Waals surface area contributed by atoms with E-state index < -0.39 is 6.04 Å². The fraction of sp³-hybridized carbons (Fsp3) is 0.120. The summed E-state index contributed by atoms with van der Waals surface area (Å²) in [5, 5.41) is 0.701. The van der Waals surface area contributed by atoms with Gasteiger partial charge in [-0.25, -0.2) is 0 Å². The summed E-state index contributed by atoms with van der Waals surface area (Å²) in [6.45, 7) is 2.37. The summed E-state index contributed by atoms with van der Waals surface area (Å²) in [4.78, 5) is 28.3. The van der Waals surface area contributed by atoms with Gasteiger partial charge in [0.25, 0.3) is 5.91 Å². The SMILES string of the molecule is CC(c1oc2cccc(Cl)c2c(=O)c1-c1ccccc1)N1Cc2ccccc2C1=O. The topological polar surface area (TPSA) is 50.5 Å². The smallest absolute Gasteiger partial charge is 0.255 e. The van der Waals surface area contributed by atoms with Crippen molar-refractivity contribution in [1.82, 2.24) is 4.90 Å². The third-order valence-electron chi connectivity index (χ3n) is 5.65. The molecule has 148 valence electrons. The highest BCUT2D eigenvalue weighted by Gasteiger charge is 2.34. The van der Waals surface area contributed by atoms with Gasteiger partial charge in [-0.05, 0) is 36.2 Å². The molecule has 1 atom stereocenters. The van der Waals surface area contributed by atoms with E-state index in [4.69, 9.17) is 16.0 Å². The van der Waals surface area contributed by atoms with Crippen LogP contribution in [-0.2, 0) is 6.54 Å². The summed E-state index contributed by atoms with van der Waals surface area (Å²) in [7, 11) is 0. The van der Waals surface area contributed by atoms with Crippen LogP contribution in [0.4, 0.5) is 0 Å². The predicted octanol–water partition coefficient (Wildman–Crippen LogP) is 5.83. The van der Waals surface area contributed by atoms with Crippen LogP contribution in [0.25, 0.3) is 22.1 Å². The molecule has 0 aliphatic carbocycles. The molecule has 30 heavy (non-hydrogen) atoms. The summed E-state index contributed by atoms with van der Waals surface area (Å²) in [5.41, 5.74) is 3.06. The van der Waals surface area contributed by atoms with Crippen molar-refractivity contribution in [3.63, 3.8) is 0 Å². The molecule has 4 nitrogen and oxygen atoms in total. The lowest BCUT2D eigenvalue weighted by molar-refractivity contribution is 0.0697. The minimum Gasteiger partial charge on any atom is -0.458 e. The zero-order chi connectivity index (χ0) is 20.8. The molecule has 0 saturated carbocycles. The van der Waals surface area contributed by atoms with Crippen LogP contribution < -0.4 is 5.43 Å². The summed E-state index contributed by atoms with van der Waals surface area (Å²) in [5.74, 6) is 0.396. The van der Waals surface area contributed by atoms with Crippen LogP contribution in [0.3, 0.4) is 0 Å². The van der Waals surface area contributed by atoms with E-state index in [1.165, 1.54) is 0 Å². The molecule has 4 aromatic rings. The fourth-order valence-corrected chi connectivity index (χ4v) is 4.37. The van der Waals surface area contributed by atoms with Gasteiger partial charge in [0.2, 0.25) is 5.43 Å². The number of fused-ring (bicyclic) bond motifs is 2.